The standard InChI is InChI=1S/C17H22N4O5.C12H14N4O3/c1-17(2,3)26-16(22)20-9-7-11(8-10-20)18-15-19-12-5-4-6-13(21(23)24)14(12)25-15;17-16(18)10-3-1-2-9-11(10)19-12(15-9)14-8-4-6-13-7-5-8/h4-6,11H,7-10H2,1-3H3,(H,18,19);1-3,8,13H,4-7H2,(H,14,15). The first-order valence-electron chi connectivity index (χ1n) is 14.8. The van der Waals surface area contributed by atoms with Gasteiger partial charge in [-0.05, 0) is 71.7 Å². The maximum atomic E-state index is 12.1. The van der Waals surface area contributed by atoms with Crippen LogP contribution >= 0.6 is 0 Å². The fourth-order valence-corrected chi connectivity index (χ4v) is 5.13. The lowest BCUT2D eigenvalue weighted by Gasteiger charge is -2.33. The molecule has 16 heteroatoms. The van der Waals surface area contributed by atoms with Crippen molar-refractivity contribution in [2.45, 2.75) is 64.1 Å². The van der Waals surface area contributed by atoms with Crippen molar-refractivity contribution >= 4 is 51.7 Å². The van der Waals surface area contributed by atoms with Gasteiger partial charge in [-0.1, -0.05) is 12.1 Å². The van der Waals surface area contributed by atoms with Crippen LogP contribution in [0.15, 0.2) is 45.2 Å². The van der Waals surface area contributed by atoms with Gasteiger partial charge < -0.3 is 34.4 Å². The lowest BCUT2D eigenvalue weighted by atomic mass is 10.1. The number of nitro benzene ring substituents is 2. The zero-order valence-corrected chi connectivity index (χ0v) is 25.3. The number of carbonyl (C=O) groups is 1. The summed E-state index contributed by atoms with van der Waals surface area (Å²) in [4.78, 5) is 43.3. The number of nitrogens with one attached hydrogen (secondary N) is 3. The largest absolute Gasteiger partial charge is 0.444 e. The lowest BCUT2D eigenvalue weighted by Crippen LogP contribution is -2.44. The van der Waals surface area contributed by atoms with E-state index in [1.807, 2.05) is 20.8 Å². The number of anilines is 2. The van der Waals surface area contributed by atoms with Crippen molar-refractivity contribution in [2.24, 2.45) is 0 Å². The molecule has 240 valence electrons. The number of amides is 1. The van der Waals surface area contributed by atoms with E-state index in [-0.39, 0.29) is 40.7 Å². The number of rotatable bonds is 6. The van der Waals surface area contributed by atoms with Crippen molar-refractivity contribution in [1.82, 2.24) is 20.2 Å². The molecule has 0 bridgehead atoms. The Labute approximate surface area is 257 Å². The molecule has 3 N–H and O–H groups in total. The minimum Gasteiger partial charge on any atom is -0.444 e. The van der Waals surface area contributed by atoms with Crippen molar-refractivity contribution in [3.8, 4) is 0 Å². The van der Waals surface area contributed by atoms with E-state index < -0.39 is 15.4 Å². The Morgan fingerprint density at radius 1 is 0.867 bits per heavy atom. The third-order valence-electron chi connectivity index (χ3n) is 7.32. The molecule has 0 saturated carbocycles. The number of nitro groups is 2. The van der Waals surface area contributed by atoms with Crippen LogP contribution in [0, 0.1) is 20.2 Å². The highest BCUT2D eigenvalue weighted by molar-refractivity contribution is 5.84. The number of benzene rings is 2. The molecule has 0 spiro atoms. The maximum absolute atomic E-state index is 12.1. The highest BCUT2D eigenvalue weighted by atomic mass is 16.6. The van der Waals surface area contributed by atoms with Gasteiger partial charge in [0.1, 0.15) is 16.6 Å². The quantitative estimate of drug-likeness (QED) is 0.181. The maximum Gasteiger partial charge on any atom is 0.410 e. The smallest absolute Gasteiger partial charge is 0.410 e. The Morgan fingerprint density at radius 2 is 1.33 bits per heavy atom. The number of hydrogen-bond acceptors (Lipinski definition) is 13. The third-order valence-corrected chi connectivity index (χ3v) is 7.32. The summed E-state index contributed by atoms with van der Waals surface area (Å²) in [5.74, 6) is 0. The molecular weight excluding hydrogens is 588 g/mol. The van der Waals surface area contributed by atoms with E-state index in [1.54, 1.807) is 29.2 Å². The van der Waals surface area contributed by atoms with E-state index in [9.17, 15) is 25.0 Å². The summed E-state index contributed by atoms with van der Waals surface area (Å²) in [5, 5.41) is 31.6. The van der Waals surface area contributed by atoms with Gasteiger partial charge in [0.05, 0.1) is 9.85 Å². The monoisotopic (exact) mass is 624 g/mol. The Hall–Kier alpha value is -4.99. The van der Waals surface area contributed by atoms with Crippen LogP contribution in [-0.4, -0.2) is 74.7 Å². The number of nitrogens with zero attached hydrogens (tertiary/aromatic N) is 5. The minimum absolute atomic E-state index is 0.0524. The van der Waals surface area contributed by atoms with Crippen LogP contribution in [0.4, 0.5) is 28.2 Å². The van der Waals surface area contributed by atoms with Crippen LogP contribution in [-0.2, 0) is 4.74 Å². The van der Waals surface area contributed by atoms with Gasteiger partial charge in [0, 0.05) is 37.3 Å². The van der Waals surface area contributed by atoms with Crippen LogP contribution in [0.3, 0.4) is 0 Å². The van der Waals surface area contributed by atoms with Gasteiger partial charge in [0.25, 0.3) is 12.0 Å². The second kappa shape index (κ2) is 13.3. The van der Waals surface area contributed by atoms with Crippen LogP contribution < -0.4 is 16.0 Å². The van der Waals surface area contributed by atoms with Crippen molar-refractivity contribution in [3.63, 3.8) is 0 Å². The summed E-state index contributed by atoms with van der Waals surface area (Å²) in [7, 11) is 0. The number of piperidine rings is 2. The molecule has 2 aliphatic rings. The van der Waals surface area contributed by atoms with Gasteiger partial charge in [-0.25, -0.2) is 4.79 Å². The average molecular weight is 625 g/mol. The summed E-state index contributed by atoms with van der Waals surface area (Å²) in [5.41, 5.74) is 0.652. The molecule has 4 heterocycles. The second-order valence-electron chi connectivity index (χ2n) is 11.9. The van der Waals surface area contributed by atoms with E-state index in [0.29, 0.717) is 49.0 Å². The summed E-state index contributed by atoms with van der Waals surface area (Å²) < 4.78 is 16.4. The number of para-hydroxylation sites is 2. The Bertz CT molecular complexity index is 1670. The molecule has 2 aliphatic heterocycles. The summed E-state index contributed by atoms with van der Waals surface area (Å²) >= 11 is 0. The van der Waals surface area contributed by atoms with Gasteiger partial charge in [-0.2, -0.15) is 9.97 Å². The van der Waals surface area contributed by atoms with Crippen LogP contribution in [0.1, 0.15) is 46.5 Å². The number of carbonyl (C=O) groups excluding carboxylic acids is 1. The third kappa shape index (κ3) is 7.94. The van der Waals surface area contributed by atoms with E-state index in [0.717, 1.165) is 25.9 Å². The number of aromatic nitrogens is 2. The van der Waals surface area contributed by atoms with Crippen molar-refractivity contribution in [3.05, 3.63) is 56.6 Å². The lowest BCUT2D eigenvalue weighted by molar-refractivity contribution is -0.383. The van der Waals surface area contributed by atoms with Gasteiger partial charge in [-0.15, -0.1) is 0 Å². The molecule has 1 amide bonds. The van der Waals surface area contributed by atoms with Crippen LogP contribution in [0.25, 0.3) is 22.2 Å². The van der Waals surface area contributed by atoms with E-state index in [2.05, 4.69) is 25.9 Å². The molecule has 6 rings (SSSR count). The molecule has 0 aliphatic carbocycles. The molecule has 2 aromatic heterocycles. The molecule has 2 aromatic carbocycles. The zero-order valence-electron chi connectivity index (χ0n) is 25.3. The van der Waals surface area contributed by atoms with Crippen molar-refractivity contribution in [2.75, 3.05) is 36.8 Å². The predicted molar refractivity (Wildman–Crippen MR) is 165 cm³/mol. The van der Waals surface area contributed by atoms with Crippen LogP contribution in [0.2, 0.25) is 0 Å². The first kappa shape index (κ1) is 31.4. The number of oxazole rings is 2. The number of non-ortho nitro benzene ring substituents is 2. The molecule has 0 atom stereocenters. The Morgan fingerprint density at radius 3 is 1.78 bits per heavy atom. The fraction of sp³-hybridized carbons (Fsp3) is 0.483. The zero-order chi connectivity index (χ0) is 32.1. The van der Waals surface area contributed by atoms with Gasteiger partial charge in [0.2, 0.25) is 11.2 Å². The number of hydrogen-bond donors (Lipinski definition) is 3. The summed E-state index contributed by atoms with van der Waals surface area (Å²) in [6.45, 7) is 8.55. The Balaban J connectivity index is 0.000000186. The minimum atomic E-state index is -0.515. The molecule has 4 aromatic rings. The topological polar surface area (TPSA) is 204 Å². The normalized spacial score (nSPS) is 16.2. The molecule has 0 radical (unpaired) electrons. The van der Waals surface area contributed by atoms with E-state index in [4.69, 9.17) is 13.6 Å². The SMILES string of the molecule is CC(C)(C)OC(=O)N1CCC(Nc2nc3cccc([N+](=O)[O-])c3o2)CC1.O=[N+]([O-])c1cccc2nc(NC3CCNCC3)oc12. The summed E-state index contributed by atoms with van der Waals surface area (Å²) in [6, 6.07) is 10.3. The number of fused-ring (bicyclic) bond motifs is 2. The first-order chi connectivity index (χ1) is 21.5. The fourth-order valence-electron chi connectivity index (χ4n) is 5.13. The molecule has 2 fully saturated rings. The van der Waals surface area contributed by atoms with E-state index >= 15 is 0 Å². The molecule has 45 heavy (non-hydrogen) atoms. The summed E-state index contributed by atoms with van der Waals surface area (Å²) in [6.07, 6.45) is 3.08. The number of ether oxygens (including phenoxy) is 1. The van der Waals surface area contributed by atoms with Gasteiger partial charge in [-0.3, -0.25) is 20.2 Å². The van der Waals surface area contributed by atoms with Crippen LogP contribution in [0.5, 0.6) is 0 Å². The highest BCUT2D eigenvalue weighted by Crippen LogP contribution is 2.30. The molecule has 2 saturated heterocycles. The van der Waals surface area contributed by atoms with Gasteiger partial charge >= 0.3 is 17.5 Å². The predicted octanol–water partition coefficient (Wildman–Crippen LogP) is 5.45. The van der Waals surface area contributed by atoms with Gasteiger partial charge in [0.15, 0.2) is 0 Å². The number of likely N-dealkylation sites (tertiary alicyclic amines) is 1. The van der Waals surface area contributed by atoms with Crippen molar-refractivity contribution in [1.29, 1.82) is 0 Å². The highest BCUT2D eigenvalue weighted by Gasteiger charge is 2.28. The molecular formula is C29H36N8O8. The molecule has 16 nitrogen and oxygen atoms in total. The van der Waals surface area contributed by atoms with E-state index in [1.165, 1.54) is 12.1 Å². The van der Waals surface area contributed by atoms with Crippen molar-refractivity contribution < 1.29 is 28.2 Å². The molecule has 0 unspecified atom stereocenters. The second-order valence-corrected chi connectivity index (χ2v) is 11.9. The Kier molecular flexibility index (Phi) is 9.32. The average Bonchev–Trinajstić information content (AvgIpc) is 3.60. The first-order valence-corrected chi connectivity index (χ1v) is 14.8.